The molecular formula is C20H22ClN3O3S. The number of carbonyl (C=O) groups excluding carboxylic acids is 1. The summed E-state index contributed by atoms with van der Waals surface area (Å²) in [5.41, 5.74) is 3.76. The summed E-state index contributed by atoms with van der Waals surface area (Å²) in [6.45, 7) is -0.394. The van der Waals surface area contributed by atoms with Gasteiger partial charge in [-0.2, -0.15) is 5.10 Å². The van der Waals surface area contributed by atoms with E-state index in [0.29, 0.717) is 10.7 Å². The molecule has 3 rings (SSSR count). The maximum absolute atomic E-state index is 13.2. The molecule has 1 fully saturated rings. The van der Waals surface area contributed by atoms with E-state index in [0.717, 1.165) is 35.7 Å². The van der Waals surface area contributed by atoms with Gasteiger partial charge in [0.25, 0.3) is 15.9 Å². The molecule has 6 nitrogen and oxygen atoms in total. The van der Waals surface area contributed by atoms with Crippen molar-refractivity contribution in [3.8, 4) is 0 Å². The van der Waals surface area contributed by atoms with Crippen LogP contribution in [0.5, 0.6) is 0 Å². The monoisotopic (exact) mass is 419 g/mol. The minimum Gasteiger partial charge on any atom is -0.271 e. The maximum atomic E-state index is 13.2. The van der Waals surface area contributed by atoms with Crippen molar-refractivity contribution < 1.29 is 13.2 Å². The third-order valence-electron chi connectivity index (χ3n) is 4.48. The summed E-state index contributed by atoms with van der Waals surface area (Å²) < 4.78 is 27.4. The van der Waals surface area contributed by atoms with E-state index in [1.807, 2.05) is 0 Å². The van der Waals surface area contributed by atoms with Crippen LogP contribution in [0.3, 0.4) is 0 Å². The molecule has 1 N–H and O–H groups in total. The SMILES string of the molecule is O=C(CN(c1cccc(Cl)c1)S(=O)(=O)c1ccccc1)NN=C1CCCCC1. The Morgan fingerprint density at radius 3 is 2.43 bits per heavy atom. The van der Waals surface area contributed by atoms with Gasteiger partial charge in [0.15, 0.2) is 0 Å². The summed E-state index contributed by atoms with van der Waals surface area (Å²) in [6, 6.07) is 14.4. The standard InChI is InChI=1S/C20H22ClN3O3S/c21-16-8-7-11-18(14-16)24(28(26,27)19-12-5-2-6-13-19)15-20(25)23-22-17-9-3-1-4-10-17/h2,5-8,11-14H,1,3-4,9-10,15H2,(H,23,25). The number of anilines is 1. The Labute approximate surface area is 170 Å². The normalized spacial score (nSPS) is 14.4. The van der Waals surface area contributed by atoms with Crippen LogP contribution in [0.4, 0.5) is 5.69 Å². The predicted molar refractivity (Wildman–Crippen MR) is 111 cm³/mol. The molecule has 0 unspecified atom stereocenters. The highest BCUT2D eigenvalue weighted by Gasteiger charge is 2.27. The molecule has 0 bridgehead atoms. The Balaban J connectivity index is 1.85. The van der Waals surface area contributed by atoms with Crippen molar-refractivity contribution in [3.63, 3.8) is 0 Å². The van der Waals surface area contributed by atoms with Crippen LogP contribution in [-0.4, -0.2) is 26.6 Å². The van der Waals surface area contributed by atoms with E-state index in [-0.39, 0.29) is 4.90 Å². The molecule has 2 aromatic carbocycles. The molecule has 1 aliphatic carbocycles. The van der Waals surface area contributed by atoms with E-state index in [9.17, 15) is 13.2 Å². The molecule has 1 amide bonds. The van der Waals surface area contributed by atoms with Crippen LogP contribution in [0.1, 0.15) is 32.1 Å². The first-order valence-electron chi connectivity index (χ1n) is 9.14. The van der Waals surface area contributed by atoms with Crippen molar-refractivity contribution >= 4 is 38.9 Å². The number of nitrogens with one attached hydrogen (secondary N) is 1. The van der Waals surface area contributed by atoms with E-state index in [1.165, 1.54) is 24.6 Å². The van der Waals surface area contributed by atoms with Crippen molar-refractivity contribution in [3.05, 3.63) is 59.6 Å². The van der Waals surface area contributed by atoms with Gasteiger partial charge in [-0.25, -0.2) is 13.8 Å². The summed E-state index contributed by atoms with van der Waals surface area (Å²) in [7, 11) is -3.94. The Morgan fingerprint density at radius 1 is 1.04 bits per heavy atom. The smallest absolute Gasteiger partial charge is 0.264 e. The molecule has 28 heavy (non-hydrogen) atoms. The van der Waals surface area contributed by atoms with Crippen molar-refractivity contribution in [1.82, 2.24) is 5.43 Å². The second-order valence-electron chi connectivity index (χ2n) is 6.58. The van der Waals surface area contributed by atoms with Gasteiger partial charge in [-0.15, -0.1) is 0 Å². The van der Waals surface area contributed by atoms with Crippen LogP contribution in [0.2, 0.25) is 5.02 Å². The first kappa shape index (κ1) is 20.4. The van der Waals surface area contributed by atoms with Crippen LogP contribution in [0, 0.1) is 0 Å². The quantitative estimate of drug-likeness (QED) is 0.719. The number of hydrazone groups is 1. The zero-order valence-electron chi connectivity index (χ0n) is 15.3. The lowest BCUT2D eigenvalue weighted by Crippen LogP contribution is -2.39. The first-order chi connectivity index (χ1) is 13.5. The van der Waals surface area contributed by atoms with Crippen LogP contribution in [-0.2, 0) is 14.8 Å². The Kier molecular flexibility index (Phi) is 6.70. The third kappa shape index (κ3) is 5.11. The Hall–Kier alpha value is -2.38. The van der Waals surface area contributed by atoms with Gasteiger partial charge < -0.3 is 0 Å². The van der Waals surface area contributed by atoms with Gasteiger partial charge in [0, 0.05) is 10.7 Å². The van der Waals surface area contributed by atoms with Gasteiger partial charge in [0.2, 0.25) is 0 Å². The second kappa shape index (κ2) is 9.21. The zero-order chi connectivity index (χ0) is 20.0. The molecular weight excluding hydrogens is 398 g/mol. The van der Waals surface area contributed by atoms with Gasteiger partial charge in [-0.05, 0) is 56.0 Å². The van der Waals surface area contributed by atoms with Crippen molar-refractivity contribution in [2.45, 2.75) is 37.0 Å². The van der Waals surface area contributed by atoms with Crippen molar-refractivity contribution in [1.29, 1.82) is 0 Å². The molecule has 0 aliphatic heterocycles. The molecule has 1 saturated carbocycles. The Morgan fingerprint density at radius 2 is 1.75 bits per heavy atom. The highest BCUT2D eigenvalue weighted by molar-refractivity contribution is 7.92. The summed E-state index contributed by atoms with van der Waals surface area (Å²) in [4.78, 5) is 12.6. The molecule has 148 valence electrons. The number of nitrogens with zero attached hydrogens (tertiary/aromatic N) is 2. The molecule has 0 spiro atoms. The fraction of sp³-hybridized carbons (Fsp3) is 0.300. The van der Waals surface area contributed by atoms with Gasteiger partial charge in [-0.1, -0.05) is 42.3 Å². The number of amides is 1. The molecule has 1 aliphatic rings. The zero-order valence-corrected chi connectivity index (χ0v) is 16.9. The predicted octanol–water partition coefficient (Wildman–Crippen LogP) is 3.97. The number of carbonyl (C=O) groups is 1. The van der Waals surface area contributed by atoms with E-state index in [2.05, 4.69) is 10.5 Å². The molecule has 2 aromatic rings. The second-order valence-corrected chi connectivity index (χ2v) is 8.88. The maximum Gasteiger partial charge on any atom is 0.264 e. The van der Waals surface area contributed by atoms with E-state index in [4.69, 9.17) is 11.6 Å². The van der Waals surface area contributed by atoms with Crippen molar-refractivity contribution in [2.75, 3.05) is 10.8 Å². The van der Waals surface area contributed by atoms with E-state index >= 15 is 0 Å². The number of halogens is 1. The number of hydrogen-bond donors (Lipinski definition) is 1. The highest BCUT2D eigenvalue weighted by atomic mass is 35.5. The van der Waals surface area contributed by atoms with Crippen molar-refractivity contribution in [2.24, 2.45) is 5.10 Å². The molecule has 0 aromatic heterocycles. The molecule has 0 atom stereocenters. The third-order valence-corrected chi connectivity index (χ3v) is 6.51. The fourth-order valence-corrected chi connectivity index (χ4v) is 4.66. The average Bonchev–Trinajstić information content (AvgIpc) is 2.72. The minimum absolute atomic E-state index is 0.0985. The minimum atomic E-state index is -3.94. The molecule has 8 heteroatoms. The molecule has 0 heterocycles. The lowest BCUT2D eigenvalue weighted by Gasteiger charge is -2.24. The lowest BCUT2D eigenvalue weighted by atomic mass is 9.99. The Bertz CT molecular complexity index is 954. The molecule has 0 radical (unpaired) electrons. The van der Waals surface area contributed by atoms with Crippen LogP contribution < -0.4 is 9.73 Å². The lowest BCUT2D eigenvalue weighted by molar-refractivity contribution is -0.119. The number of sulfonamides is 1. The van der Waals surface area contributed by atoms with Gasteiger partial charge in [0.1, 0.15) is 6.54 Å². The van der Waals surface area contributed by atoms with Crippen LogP contribution in [0.25, 0.3) is 0 Å². The molecule has 0 saturated heterocycles. The van der Waals surface area contributed by atoms with Gasteiger partial charge >= 0.3 is 0 Å². The van der Waals surface area contributed by atoms with E-state index in [1.54, 1.807) is 36.4 Å². The summed E-state index contributed by atoms with van der Waals surface area (Å²) in [5, 5.41) is 4.55. The highest BCUT2D eigenvalue weighted by Crippen LogP contribution is 2.26. The first-order valence-corrected chi connectivity index (χ1v) is 11.0. The van der Waals surface area contributed by atoms with E-state index < -0.39 is 22.5 Å². The summed E-state index contributed by atoms with van der Waals surface area (Å²) >= 11 is 6.04. The number of rotatable bonds is 6. The largest absolute Gasteiger partial charge is 0.271 e. The average molecular weight is 420 g/mol. The summed E-state index contributed by atoms with van der Waals surface area (Å²) in [5.74, 6) is -0.502. The van der Waals surface area contributed by atoms with Crippen LogP contribution in [0.15, 0.2) is 64.6 Å². The van der Waals surface area contributed by atoms with Crippen LogP contribution >= 0.6 is 11.6 Å². The van der Waals surface area contributed by atoms with Gasteiger partial charge in [0.05, 0.1) is 10.6 Å². The topological polar surface area (TPSA) is 78.8 Å². The number of hydrogen-bond acceptors (Lipinski definition) is 4. The fourth-order valence-electron chi connectivity index (χ4n) is 3.04. The number of benzene rings is 2. The van der Waals surface area contributed by atoms with Gasteiger partial charge in [-0.3, -0.25) is 9.10 Å². The summed E-state index contributed by atoms with van der Waals surface area (Å²) in [6.07, 6.45) is 5.02.